The minimum atomic E-state index is -1.36. The van der Waals surface area contributed by atoms with E-state index >= 15 is 0 Å². The lowest BCUT2D eigenvalue weighted by molar-refractivity contribution is -0.0197. The predicted octanol–water partition coefficient (Wildman–Crippen LogP) is -0.153. The van der Waals surface area contributed by atoms with Gasteiger partial charge in [-0.05, 0) is 0 Å². The van der Waals surface area contributed by atoms with Gasteiger partial charge < -0.3 is 5.11 Å². The molecule has 1 N–H and O–H groups in total. The van der Waals surface area contributed by atoms with E-state index in [-0.39, 0.29) is 19.7 Å². The van der Waals surface area contributed by atoms with Crippen LogP contribution in [-0.4, -0.2) is 34.8 Å². The Morgan fingerprint density at radius 1 is 1.75 bits per heavy atom. The van der Waals surface area contributed by atoms with Crippen LogP contribution in [-0.2, 0) is 0 Å². The van der Waals surface area contributed by atoms with Crippen molar-refractivity contribution in [2.75, 3.05) is 19.7 Å². The molecule has 0 radical (unpaired) electrons. The summed E-state index contributed by atoms with van der Waals surface area (Å²) in [6, 6.07) is 0. The molecule has 1 aliphatic rings. The van der Waals surface area contributed by atoms with Gasteiger partial charge in [-0.1, -0.05) is 12.8 Å². The van der Waals surface area contributed by atoms with Gasteiger partial charge in [-0.3, -0.25) is 0 Å². The molecule has 0 saturated carbocycles. The summed E-state index contributed by atoms with van der Waals surface area (Å²) >= 11 is 3.83. The first-order chi connectivity index (χ1) is 3.66. The average Bonchev–Trinajstić information content (AvgIpc) is 1.63. The fourth-order valence-corrected chi connectivity index (χ4v) is 1.21. The summed E-state index contributed by atoms with van der Waals surface area (Å²) in [7, 11) is 0. The number of nitrogens with zero attached hydrogens (tertiary/aromatic N) is 1. The molecule has 1 saturated heterocycles. The van der Waals surface area contributed by atoms with E-state index in [1.807, 2.05) is 0 Å². The molecule has 1 fully saturated rings. The molecule has 0 amide bonds. The minimum Gasteiger partial charge on any atom is -0.393 e. The first kappa shape index (κ1) is 6.32. The van der Waals surface area contributed by atoms with Crippen LogP contribution in [0, 0.1) is 0 Å². The van der Waals surface area contributed by atoms with Crippen molar-refractivity contribution in [3.63, 3.8) is 0 Å². The highest BCUT2D eigenvalue weighted by atomic mass is 32.1. The molecular weight excluding hydrogens is 129 g/mol. The fourth-order valence-electron chi connectivity index (χ4n) is 0.708. The zero-order valence-corrected chi connectivity index (χ0v) is 5.24. The molecule has 0 atom stereocenters. The van der Waals surface area contributed by atoms with Gasteiger partial charge in [0.1, 0.15) is 0 Å². The fraction of sp³-hybridized carbons (Fsp3) is 1.00. The van der Waals surface area contributed by atoms with Gasteiger partial charge in [0.2, 0.25) is 0 Å². The van der Waals surface area contributed by atoms with Gasteiger partial charge >= 0.3 is 0 Å². The summed E-state index contributed by atoms with van der Waals surface area (Å²) < 4.78 is 14.1. The van der Waals surface area contributed by atoms with Crippen LogP contribution in [0.1, 0.15) is 0 Å². The van der Waals surface area contributed by atoms with Crippen molar-refractivity contribution in [3.05, 3.63) is 0 Å². The molecule has 0 aliphatic carbocycles. The Bertz CT molecular complexity index is 94.0. The van der Waals surface area contributed by atoms with Crippen LogP contribution in [0.2, 0.25) is 0 Å². The van der Waals surface area contributed by atoms with Crippen molar-refractivity contribution in [1.29, 1.82) is 0 Å². The first-order valence-corrected chi connectivity index (χ1v) is 2.80. The number of aliphatic hydroxyl groups is 1. The summed E-state index contributed by atoms with van der Waals surface area (Å²) in [5, 5.41) is 8.33. The zero-order valence-electron chi connectivity index (χ0n) is 4.34. The number of thiol groups is 1. The topological polar surface area (TPSA) is 23.5 Å². The van der Waals surface area contributed by atoms with Gasteiger partial charge in [0.15, 0.2) is 5.67 Å². The molecule has 0 aromatic heterocycles. The predicted molar refractivity (Wildman–Crippen MR) is 31.5 cm³/mol. The van der Waals surface area contributed by atoms with Crippen molar-refractivity contribution < 1.29 is 9.50 Å². The molecule has 8 heavy (non-hydrogen) atoms. The largest absolute Gasteiger partial charge is 0.393 e. The number of hydrogen-bond donors (Lipinski definition) is 2. The van der Waals surface area contributed by atoms with E-state index in [4.69, 9.17) is 5.11 Å². The molecule has 0 bridgehead atoms. The summed E-state index contributed by atoms with van der Waals surface area (Å²) in [6.45, 7) is 0.100. The molecule has 0 spiro atoms. The minimum absolute atomic E-state index is 0.243. The molecule has 1 rings (SSSR count). The second-order valence-corrected chi connectivity index (χ2v) is 2.70. The Morgan fingerprint density at radius 3 is 2.38 bits per heavy atom. The van der Waals surface area contributed by atoms with Crippen molar-refractivity contribution in [2.45, 2.75) is 5.67 Å². The lowest BCUT2D eigenvalue weighted by Gasteiger charge is -2.39. The normalized spacial score (nSPS) is 27.4. The van der Waals surface area contributed by atoms with Gasteiger partial charge in [-0.2, -0.15) is 0 Å². The highest BCUT2D eigenvalue weighted by molar-refractivity contribution is 7.77. The van der Waals surface area contributed by atoms with Crippen LogP contribution in [0.25, 0.3) is 0 Å². The van der Waals surface area contributed by atoms with Crippen molar-refractivity contribution in [1.82, 2.24) is 4.31 Å². The molecule has 2 nitrogen and oxygen atoms in total. The maximum Gasteiger partial charge on any atom is 0.160 e. The van der Waals surface area contributed by atoms with Gasteiger partial charge in [0, 0.05) is 13.1 Å². The molecule has 1 heterocycles. The Hall–Kier alpha value is 0.200. The second-order valence-electron chi connectivity index (χ2n) is 2.13. The van der Waals surface area contributed by atoms with E-state index in [9.17, 15) is 4.39 Å². The smallest absolute Gasteiger partial charge is 0.160 e. The Labute approximate surface area is 52.8 Å². The zero-order chi connectivity index (χ0) is 6.20. The van der Waals surface area contributed by atoms with Crippen LogP contribution >= 0.6 is 12.8 Å². The molecule has 0 aromatic rings. The van der Waals surface area contributed by atoms with Crippen molar-refractivity contribution in [2.24, 2.45) is 0 Å². The van der Waals surface area contributed by atoms with Gasteiger partial charge in [-0.15, -0.1) is 0 Å². The van der Waals surface area contributed by atoms with Crippen LogP contribution in [0.5, 0.6) is 0 Å². The van der Waals surface area contributed by atoms with Gasteiger partial charge in [0.05, 0.1) is 6.61 Å². The third kappa shape index (κ3) is 0.962. The lowest BCUT2D eigenvalue weighted by atomic mass is 10.0. The number of halogens is 1. The number of rotatable bonds is 1. The molecular formula is C4H8FNOS. The maximum atomic E-state index is 12.5. The summed E-state index contributed by atoms with van der Waals surface area (Å²) in [5.74, 6) is 0. The highest BCUT2D eigenvalue weighted by Crippen LogP contribution is 2.25. The molecule has 0 aromatic carbocycles. The van der Waals surface area contributed by atoms with Crippen LogP contribution < -0.4 is 0 Å². The van der Waals surface area contributed by atoms with E-state index in [0.717, 1.165) is 0 Å². The Morgan fingerprint density at radius 2 is 2.25 bits per heavy atom. The monoisotopic (exact) mass is 137 g/mol. The molecule has 0 unspecified atom stereocenters. The van der Waals surface area contributed by atoms with Crippen molar-refractivity contribution >= 4 is 12.8 Å². The summed E-state index contributed by atoms with van der Waals surface area (Å²) in [5.41, 5.74) is -1.36. The van der Waals surface area contributed by atoms with Crippen LogP contribution in [0.4, 0.5) is 4.39 Å². The second kappa shape index (κ2) is 1.86. The van der Waals surface area contributed by atoms with Crippen LogP contribution in [0.3, 0.4) is 0 Å². The van der Waals surface area contributed by atoms with Gasteiger partial charge in [0.25, 0.3) is 0 Å². The van der Waals surface area contributed by atoms with Crippen LogP contribution in [0.15, 0.2) is 0 Å². The van der Waals surface area contributed by atoms with Gasteiger partial charge in [-0.25, -0.2) is 8.70 Å². The molecule has 48 valence electrons. The first-order valence-electron chi connectivity index (χ1n) is 2.40. The standard InChI is InChI=1S/C4H8FNOS/c5-4(3-7)1-6(8)2-4/h7-8H,1-3H2. The highest BCUT2D eigenvalue weighted by Gasteiger charge is 2.41. The Kier molecular flexibility index (Phi) is 1.47. The number of hydrogen-bond acceptors (Lipinski definition) is 3. The summed E-state index contributed by atoms with van der Waals surface area (Å²) in [6.07, 6.45) is 0. The van der Waals surface area contributed by atoms with E-state index in [1.54, 1.807) is 0 Å². The van der Waals surface area contributed by atoms with E-state index < -0.39 is 5.67 Å². The van der Waals surface area contributed by atoms with Crippen molar-refractivity contribution in [3.8, 4) is 0 Å². The average molecular weight is 137 g/mol. The molecule has 1 aliphatic heterocycles. The third-order valence-electron chi connectivity index (χ3n) is 1.22. The van der Waals surface area contributed by atoms with E-state index in [1.165, 1.54) is 4.31 Å². The number of alkyl halides is 1. The Balaban J connectivity index is 2.30. The number of aliphatic hydroxyl groups excluding tert-OH is 1. The quantitative estimate of drug-likeness (QED) is 0.491. The lowest BCUT2D eigenvalue weighted by Crippen LogP contribution is -2.56. The maximum absolute atomic E-state index is 12.5. The summed E-state index contributed by atoms with van der Waals surface area (Å²) in [4.78, 5) is 0. The third-order valence-corrected chi connectivity index (χ3v) is 1.50. The van der Waals surface area contributed by atoms with E-state index in [0.29, 0.717) is 0 Å². The molecule has 4 heteroatoms. The van der Waals surface area contributed by atoms with E-state index in [2.05, 4.69) is 12.8 Å². The SMILES string of the molecule is OCC1(F)CN(S)C1.